The summed E-state index contributed by atoms with van der Waals surface area (Å²) in [5.41, 5.74) is 0. The van der Waals surface area contributed by atoms with Crippen molar-refractivity contribution in [3.05, 3.63) is 36.2 Å². The molecule has 24 heavy (non-hydrogen) atoms. The molecule has 1 aliphatic rings. The van der Waals surface area contributed by atoms with E-state index < -0.39 is 5.97 Å². The van der Waals surface area contributed by atoms with E-state index in [0.29, 0.717) is 31.1 Å². The third-order valence-electron chi connectivity index (χ3n) is 4.68. The molecule has 3 heteroatoms. The number of hydrogen-bond acceptors (Lipinski definition) is 1. The number of carboxylic acid groups (broad SMARTS) is 1. The van der Waals surface area contributed by atoms with Crippen LogP contribution in [0.2, 0.25) is 0 Å². The normalized spacial score (nSPS) is 22.0. The number of halogens is 1. The second-order valence-electron chi connectivity index (χ2n) is 6.77. The molecule has 0 aromatic heterocycles. The Hall–Kier alpha value is -1.38. The number of unbranched alkanes of at least 4 members (excludes halogenated alkanes) is 3. The molecular formula is C21H33FO2. The average molecular weight is 336 g/mol. The van der Waals surface area contributed by atoms with Gasteiger partial charge in [-0.3, -0.25) is 4.79 Å². The molecule has 0 amide bonds. The summed E-state index contributed by atoms with van der Waals surface area (Å²) in [5, 5.41) is 8.58. The highest BCUT2D eigenvalue weighted by Crippen LogP contribution is 2.37. The third kappa shape index (κ3) is 9.69. The molecule has 1 saturated carbocycles. The van der Waals surface area contributed by atoms with Crippen LogP contribution < -0.4 is 0 Å². The first kappa shape index (κ1) is 20.7. The van der Waals surface area contributed by atoms with Crippen LogP contribution in [0.15, 0.2) is 36.2 Å². The molecule has 0 aromatic rings. The minimum Gasteiger partial charge on any atom is -0.481 e. The molecule has 0 heterocycles. The summed E-state index contributed by atoms with van der Waals surface area (Å²) < 4.78 is 14.0. The van der Waals surface area contributed by atoms with Gasteiger partial charge in [-0.1, -0.05) is 56.6 Å². The number of allylic oxidation sites excluding steroid dienone is 6. The predicted octanol–water partition coefficient (Wildman–Crippen LogP) is 6.59. The Morgan fingerprint density at radius 3 is 2.75 bits per heavy atom. The SMILES string of the molecule is CCCCC=CCC=C[C@H]1CCC[C@@H]1CC(F)=CCCCC(=O)O. The van der Waals surface area contributed by atoms with Gasteiger partial charge in [0.15, 0.2) is 0 Å². The topological polar surface area (TPSA) is 37.3 Å². The molecule has 1 N–H and O–H groups in total. The molecule has 136 valence electrons. The molecule has 0 aromatic carbocycles. The fraction of sp³-hybridized carbons (Fsp3) is 0.667. The van der Waals surface area contributed by atoms with Crippen LogP contribution in [0.3, 0.4) is 0 Å². The number of carbonyl (C=O) groups is 1. The van der Waals surface area contributed by atoms with E-state index in [4.69, 9.17) is 5.11 Å². The zero-order valence-corrected chi connectivity index (χ0v) is 15.1. The monoisotopic (exact) mass is 336 g/mol. The van der Waals surface area contributed by atoms with Crippen molar-refractivity contribution in [1.82, 2.24) is 0 Å². The molecular weight excluding hydrogens is 303 g/mol. The zero-order chi connectivity index (χ0) is 17.6. The van der Waals surface area contributed by atoms with Gasteiger partial charge in [-0.15, -0.1) is 0 Å². The van der Waals surface area contributed by atoms with E-state index in [0.717, 1.165) is 25.7 Å². The lowest BCUT2D eigenvalue weighted by molar-refractivity contribution is -0.137. The maximum Gasteiger partial charge on any atom is 0.303 e. The van der Waals surface area contributed by atoms with Crippen LogP contribution in [0.25, 0.3) is 0 Å². The average Bonchev–Trinajstić information content (AvgIpc) is 2.97. The molecule has 1 aliphatic carbocycles. The van der Waals surface area contributed by atoms with E-state index in [2.05, 4.69) is 31.2 Å². The van der Waals surface area contributed by atoms with Crippen LogP contribution in [0.5, 0.6) is 0 Å². The number of aliphatic carboxylic acids is 1. The van der Waals surface area contributed by atoms with Crippen molar-refractivity contribution in [2.45, 2.75) is 77.6 Å². The minimum atomic E-state index is -0.812. The van der Waals surface area contributed by atoms with E-state index in [1.54, 1.807) is 6.08 Å². The summed E-state index contributed by atoms with van der Waals surface area (Å²) in [6.45, 7) is 2.20. The molecule has 2 nitrogen and oxygen atoms in total. The lowest BCUT2D eigenvalue weighted by Gasteiger charge is -2.15. The van der Waals surface area contributed by atoms with Gasteiger partial charge in [0.25, 0.3) is 0 Å². The van der Waals surface area contributed by atoms with E-state index >= 15 is 0 Å². The van der Waals surface area contributed by atoms with Crippen molar-refractivity contribution >= 4 is 5.97 Å². The number of carboxylic acids is 1. The van der Waals surface area contributed by atoms with E-state index in [1.807, 2.05) is 0 Å². The quantitative estimate of drug-likeness (QED) is 0.322. The highest BCUT2D eigenvalue weighted by Gasteiger charge is 2.25. The molecule has 0 radical (unpaired) electrons. The van der Waals surface area contributed by atoms with Gasteiger partial charge >= 0.3 is 5.97 Å². The summed E-state index contributed by atoms with van der Waals surface area (Å²) >= 11 is 0. The molecule has 0 aliphatic heterocycles. The molecule has 0 unspecified atom stereocenters. The third-order valence-corrected chi connectivity index (χ3v) is 4.68. The van der Waals surface area contributed by atoms with Gasteiger partial charge < -0.3 is 5.11 Å². The largest absolute Gasteiger partial charge is 0.481 e. The maximum absolute atomic E-state index is 14.0. The molecule has 2 atom stereocenters. The van der Waals surface area contributed by atoms with E-state index in [-0.39, 0.29) is 12.2 Å². The van der Waals surface area contributed by atoms with Gasteiger partial charge in [-0.25, -0.2) is 4.39 Å². The Morgan fingerprint density at radius 1 is 1.17 bits per heavy atom. The maximum atomic E-state index is 14.0. The Labute approximate surface area is 146 Å². The first-order valence-electron chi connectivity index (χ1n) is 9.51. The summed E-state index contributed by atoms with van der Waals surface area (Å²) in [7, 11) is 0. The minimum absolute atomic E-state index is 0.0647. The van der Waals surface area contributed by atoms with Crippen LogP contribution in [-0.2, 0) is 4.79 Å². The predicted molar refractivity (Wildman–Crippen MR) is 98.5 cm³/mol. The fourth-order valence-corrected chi connectivity index (χ4v) is 3.29. The number of hydrogen-bond donors (Lipinski definition) is 1. The molecule has 1 fully saturated rings. The van der Waals surface area contributed by atoms with Crippen LogP contribution in [-0.4, -0.2) is 11.1 Å². The standard InChI is InChI=1S/C21H33FO2/c1-2-3-4-5-6-7-8-12-18-13-11-14-19(18)17-20(22)15-9-10-16-21(23)24/h5-6,8,12,15,18-19H,2-4,7,9-11,13-14,16-17H2,1H3,(H,23,24)/t18-,19+/m0/s1. The van der Waals surface area contributed by atoms with Crippen molar-refractivity contribution in [3.63, 3.8) is 0 Å². The van der Waals surface area contributed by atoms with E-state index in [1.165, 1.54) is 19.3 Å². The molecule has 0 spiro atoms. The van der Waals surface area contributed by atoms with Gasteiger partial charge in [-0.2, -0.15) is 0 Å². The molecule has 1 rings (SSSR count). The lowest BCUT2D eigenvalue weighted by atomic mass is 9.91. The zero-order valence-electron chi connectivity index (χ0n) is 15.1. The fourth-order valence-electron chi connectivity index (χ4n) is 3.29. The van der Waals surface area contributed by atoms with Crippen molar-refractivity contribution in [2.75, 3.05) is 0 Å². The van der Waals surface area contributed by atoms with E-state index in [9.17, 15) is 9.18 Å². The molecule has 0 saturated heterocycles. The second-order valence-corrected chi connectivity index (χ2v) is 6.77. The molecule has 0 bridgehead atoms. The Kier molecular flexibility index (Phi) is 11.2. The Balaban J connectivity index is 2.30. The Morgan fingerprint density at radius 2 is 2.00 bits per heavy atom. The van der Waals surface area contributed by atoms with Crippen LogP contribution in [0, 0.1) is 11.8 Å². The number of rotatable bonds is 12. The second kappa shape index (κ2) is 13.0. The van der Waals surface area contributed by atoms with Gasteiger partial charge in [0.1, 0.15) is 0 Å². The summed E-state index contributed by atoms with van der Waals surface area (Å²) in [6, 6.07) is 0. The van der Waals surface area contributed by atoms with Crippen molar-refractivity contribution in [2.24, 2.45) is 11.8 Å². The van der Waals surface area contributed by atoms with Gasteiger partial charge in [0.2, 0.25) is 0 Å². The van der Waals surface area contributed by atoms with Crippen molar-refractivity contribution in [1.29, 1.82) is 0 Å². The summed E-state index contributed by atoms with van der Waals surface area (Å²) in [6.07, 6.45) is 20.3. The smallest absolute Gasteiger partial charge is 0.303 e. The van der Waals surface area contributed by atoms with Gasteiger partial charge in [-0.05, 0) is 50.4 Å². The van der Waals surface area contributed by atoms with Gasteiger partial charge in [0.05, 0.1) is 5.83 Å². The summed E-state index contributed by atoms with van der Waals surface area (Å²) in [5.74, 6) is 0.0203. The lowest BCUT2D eigenvalue weighted by Crippen LogP contribution is -2.05. The highest BCUT2D eigenvalue weighted by atomic mass is 19.1. The first-order chi connectivity index (χ1) is 11.6. The van der Waals surface area contributed by atoms with Crippen LogP contribution in [0.4, 0.5) is 4.39 Å². The first-order valence-corrected chi connectivity index (χ1v) is 9.51. The van der Waals surface area contributed by atoms with Crippen LogP contribution >= 0.6 is 0 Å². The Bertz CT molecular complexity index is 437. The highest BCUT2D eigenvalue weighted by molar-refractivity contribution is 5.66. The van der Waals surface area contributed by atoms with Crippen molar-refractivity contribution < 1.29 is 14.3 Å². The van der Waals surface area contributed by atoms with Crippen molar-refractivity contribution in [3.8, 4) is 0 Å². The van der Waals surface area contributed by atoms with Crippen LogP contribution in [0.1, 0.15) is 77.6 Å². The summed E-state index contributed by atoms with van der Waals surface area (Å²) in [4.78, 5) is 10.4. The van der Waals surface area contributed by atoms with Gasteiger partial charge in [0, 0.05) is 12.8 Å².